The average Bonchev–Trinajstić information content (AvgIpc) is 2.73. The first-order chi connectivity index (χ1) is 9.04. The van der Waals surface area contributed by atoms with Crippen molar-refractivity contribution < 1.29 is 24.5 Å². The lowest BCUT2D eigenvalue weighted by Crippen LogP contribution is -2.54. The number of carbonyl (C=O) groups is 2. The standard InChI is InChI=1S/C12H10N2O5/c15-10(16)12-5-7-3-1-2-4-8(7)9(12)13-14(6-19-12)11(17)18/h1-4H,5-6H2,(H,15,16)(H,17,18). The molecule has 1 heterocycles. The summed E-state index contributed by atoms with van der Waals surface area (Å²) in [5, 5.41) is 23.0. The third-order valence-corrected chi connectivity index (χ3v) is 3.31. The monoisotopic (exact) mass is 262 g/mol. The summed E-state index contributed by atoms with van der Waals surface area (Å²) in [6.07, 6.45) is -1.12. The summed E-state index contributed by atoms with van der Waals surface area (Å²) in [4.78, 5) is 22.5. The molecule has 3 rings (SSSR count). The number of hydrazone groups is 1. The molecule has 19 heavy (non-hydrogen) atoms. The number of aliphatic carboxylic acids is 1. The highest BCUT2D eigenvalue weighted by atomic mass is 16.6. The molecule has 0 bridgehead atoms. The Morgan fingerprint density at radius 3 is 2.74 bits per heavy atom. The van der Waals surface area contributed by atoms with E-state index in [-0.39, 0.29) is 18.9 Å². The Bertz CT molecular complexity index is 612. The molecule has 7 heteroatoms. The molecule has 2 aliphatic rings. The van der Waals surface area contributed by atoms with Gasteiger partial charge in [-0.25, -0.2) is 9.59 Å². The van der Waals surface area contributed by atoms with Gasteiger partial charge in [0, 0.05) is 12.0 Å². The number of rotatable bonds is 1. The van der Waals surface area contributed by atoms with Crippen LogP contribution in [0.2, 0.25) is 0 Å². The zero-order chi connectivity index (χ0) is 13.6. The fourth-order valence-corrected chi connectivity index (χ4v) is 2.39. The molecule has 98 valence electrons. The molecule has 0 spiro atoms. The maximum atomic E-state index is 11.5. The summed E-state index contributed by atoms with van der Waals surface area (Å²) in [6.45, 7) is -0.390. The molecule has 1 unspecified atom stereocenters. The lowest BCUT2D eigenvalue weighted by Gasteiger charge is -2.32. The molecule has 1 aliphatic carbocycles. The Balaban J connectivity index is 2.17. The Hall–Kier alpha value is -2.41. The molecule has 1 atom stereocenters. The van der Waals surface area contributed by atoms with Gasteiger partial charge in [-0.1, -0.05) is 24.3 Å². The second kappa shape index (κ2) is 3.79. The van der Waals surface area contributed by atoms with Crippen LogP contribution in [0.5, 0.6) is 0 Å². The van der Waals surface area contributed by atoms with Crippen molar-refractivity contribution in [2.45, 2.75) is 12.0 Å². The molecular formula is C12H10N2O5. The predicted molar refractivity (Wildman–Crippen MR) is 62.9 cm³/mol. The van der Waals surface area contributed by atoms with Crippen LogP contribution in [-0.2, 0) is 16.0 Å². The van der Waals surface area contributed by atoms with Crippen LogP contribution in [0, 0.1) is 0 Å². The largest absolute Gasteiger partial charge is 0.479 e. The Morgan fingerprint density at radius 1 is 1.32 bits per heavy atom. The number of amides is 1. The van der Waals surface area contributed by atoms with Crippen LogP contribution in [0.3, 0.4) is 0 Å². The van der Waals surface area contributed by atoms with E-state index in [0.29, 0.717) is 10.6 Å². The number of ether oxygens (including phenoxy) is 1. The van der Waals surface area contributed by atoms with Crippen LogP contribution in [-0.4, -0.2) is 45.3 Å². The van der Waals surface area contributed by atoms with Crippen molar-refractivity contribution in [3.05, 3.63) is 35.4 Å². The van der Waals surface area contributed by atoms with Crippen LogP contribution in [0.25, 0.3) is 0 Å². The number of carboxylic acid groups (broad SMARTS) is 2. The van der Waals surface area contributed by atoms with Crippen molar-refractivity contribution in [1.29, 1.82) is 0 Å². The van der Waals surface area contributed by atoms with Crippen molar-refractivity contribution in [1.82, 2.24) is 5.01 Å². The van der Waals surface area contributed by atoms with Gasteiger partial charge in [0.05, 0.1) is 0 Å². The minimum Gasteiger partial charge on any atom is -0.479 e. The van der Waals surface area contributed by atoms with Crippen molar-refractivity contribution in [2.75, 3.05) is 6.73 Å². The van der Waals surface area contributed by atoms with Gasteiger partial charge >= 0.3 is 12.1 Å². The Morgan fingerprint density at radius 2 is 2.05 bits per heavy atom. The van der Waals surface area contributed by atoms with Crippen molar-refractivity contribution in [2.24, 2.45) is 5.10 Å². The molecule has 0 aromatic heterocycles. The predicted octanol–water partition coefficient (Wildman–Crippen LogP) is 0.738. The van der Waals surface area contributed by atoms with Gasteiger partial charge in [-0.05, 0) is 5.56 Å². The molecule has 7 nitrogen and oxygen atoms in total. The number of benzene rings is 1. The smallest absolute Gasteiger partial charge is 0.430 e. The highest BCUT2D eigenvalue weighted by Gasteiger charge is 2.54. The van der Waals surface area contributed by atoms with Crippen LogP contribution in [0.15, 0.2) is 29.4 Å². The Kier molecular flexibility index (Phi) is 2.33. The SMILES string of the molecule is O=C(O)N1COC2(C(=O)O)Cc3ccccc3C2=N1. The van der Waals surface area contributed by atoms with E-state index in [1.165, 1.54) is 0 Å². The first kappa shape index (κ1) is 11.7. The summed E-state index contributed by atoms with van der Waals surface area (Å²) in [5.41, 5.74) is -0.0219. The van der Waals surface area contributed by atoms with E-state index >= 15 is 0 Å². The summed E-state index contributed by atoms with van der Waals surface area (Å²) in [6, 6.07) is 7.04. The van der Waals surface area contributed by atoms with Gasteiger partial charge < -0.3 is 14.9 Å². The molecule has 1 aliphatic heterocycles. The molecule has 0 saturated heterocycles. The zero-order valence-corrected chi connectivity index (χ0v) is 9.74. The topological polar surface area (TPSA) is 99.4 Å². The highest BCUT2D eigenvalue weighted by Crippen LogP contribution is 2.36. The molecule has 1 aromatic rings. The number of carboxylic acids is 1. The molecule has 1 aromatic carbocycles. The van der Waals surface area contributed by atoms with Crippen molar-refractivity contribution in [3.63, 3.8) is 0 Å². The van der Waals surface area contributed by atoms with E-state index in [1.54, 1.807) is 24.3 Å². The lowest BCUT2D eigenvalue weighted by atomic mass is 9.98. The molecule has 0 saturated carbocycles. The highest BCUT2D eigenvalue weighted by molar-refractivity contribution is 6.21. The van der Waals surface area contributed by atoms with Crippen molar-refractivity contribution in [3.8, 4) is 0 Å². The average molecular weight is 262 g/mol. The van der Waals surface area contributed by atoms with Gasteiger partial charge in [0.2, 0.25) is 5.60 Å². The van der Waals surface area contributed by atoms with Gasteiger partial charge in [0.15, 0.2) is 0 Å². The minimum atomic E-state index is -1.57. The van der Waals surface area contributed by atoms with E-state index in [2.05, 4.69) is 5.10 Å². The molecule has 0 radical (unpaired) electrons. The number of nitrogens with zero attached hydrogens (tertiary/aromatic N) is 2. The normalized spacial score (nSPS) is 24.4. The first-order valence-corrected chi connectivity index (χ1v) is 5.60. The van der Waals surface area contributed by atoms with Gasteiger partial charge in [-0.3, -0.25) is 0 Å². The molecule has 2 N–H and O–H groups in total. The summed E-state index contributed by atoms with van der Waals surface area (Å²) in [7, 11) is 0. The summed E-state index contributed by atoms with van der Waals surface area (Å²) >= 11 is 0. The maximum Gasteiger partial charge on any atom is 0.430 e. The van der Waals surface area contributed by atoms with E-state index in [1.807, 2.05) is 0 Å². The van der Waals surface area contributed by atoms with E-state index in [0.717, 1.165) is 5.56 Å². The zero-order valence-electron chi connectivity index (χ0n) is 9.74. The van der Waals surface area contributed by atoms with Crippen molar-refractivity contribution >= 4 is 17.8 Å². The van der Waals surface area contributed by atoms with Crippen LogP contribution < -0.4 is 0 Å². The fourth-order valence-electron chi connectivity index (χ4n) is 2.39. The van der Waals surface area contributed by atoms with Gasteiger partial charge in [-0.2, -0.15) is 10.1 Å². The minimum absolute atomic E-state index is 0.143. The van der Waals surface area contributed by atoms with Gasteiger partial charge in [-0.15, -0.1) is 0 Å². The number of hydrogen-bond acceptors (Lipinski definition) is 4. The number of fused-ring (bicyclic) bond motifs is 3. The molecule has 1 amide bonds. The van der Waals surface area contributed by atoms with E-state index in [9.17, 15) is 14.7 Å². The third-order valence-electron chi connectivity index (χ3n) is 3.31. The van der Waals surface area contributed by atoms with Crippen LogP contribution >= 0.6 is 0 Å². The number of hydrogen-bond donors (Lipinski definition) is 2. The summed E-state index contributed by atoms with van der Waals surface area (Å²) in [5.74, 6) is -1.16. The summed E-state index contributed by atoms with van der Waals surface area (Å²) < 4.78 is 5.32. The quantitative estimate of drug-likeness (QED) is 0.777. The third kappa shape index (κ3) is 1.52. The van der Waals surface area contributed by atoms with Gasteiger partial charge in [0.25, 0.3) is 0 Å². The van der Waals surface area contributed by atoms with Gasteiger partial charge in [0.1, 0.15) is 12.4 Å². The second-order valence-electron chi connectivity index (χ2n) is 4.37. The van der Waals surface area contributed by atoms with E-state index < -0.39 is 17.7 Å². The second-order valence-corrected chi connectivity index (χ2v) is 4.37. The maximum absolute atomic E-state index is 11.5. The molecular weight excluding hydrogens is 252 g/mol. The first-order valence-electron chi connectivity index (χ1n) is 5.60. The Labute approximate surface area is 107 Å². The fraction of sp³-hybridized carbons (Fsp3) is 0.250. The van der Waals surface area contributed by atoms with Crippen LogP contribution in [0.1, 0.15) is 11.1 Å². The van der Waals surface area contributed by atoms with E-state index in [4.69, 9.17) is 9.84 Å². The molecule has 0 fully saturated rings. The lowest BCUT2D eigenvalue weighted by molar-refractivity contribution is -0.162. The van der Waals surface area contributed by atoms with Crippen LogP contribution in [0.4, 0.5) is 4.79 Å².